The number of unbranched alkanes of at least 4 members (excludes halogenated alkanes) is 1. The number of hydrogen-bond acceptors (Lipinski definition) is 10. The number of amides is 4. The minimum Gasteiger partial charge on any atom is -0.508 e. The van der Waals surface area contributed by atoms with Crippen molar-refractivity contribution in [2.45, 2.75) is 83.5 Å². The number of Topliss-reactive ketones (excluding diaryl/α,β-unsaturated/α-hetero) is 3. The second-order valence-corrected chi connectivity index (χ2v) is 14.3. The summed E-state index contributed by atoms with van der Waals surface area (Å²) in [4.78, 5) is 91.1. The average molecular weight is 772 g/mol. The Morgan fingerprint density at radius 3 is 2.20 bits per heavy atom. The van der Waals surface area contributed by atoms with Crippen LogP contribution in [0.25, 0.3) is 10.9 Å². The van der Waals surface area contributed by atoms with Gasteiger partial charge in [-0.15, -0.1) is 0 Å². The number of nitrogens with one attached hydrogen (secondary N) is 4. The van der Waals surface area contributed by atoms with Gasteiger partial charge in [-0.3, -0.25) is 24.0 Å². The first-order valence-electron chi connectivity index (χ1n) is 18.7. The lowest BCUT2D eigenvalue weighted by molar-refractivity contribution is -0.133. The van der Waals surface area contributed by atoms with Gasteiger partial charge in [-0.1, -0.05) is 36.8 Å². The average Bonchev–Trinajstić information content (AvgIpc) is 3.84. The molecule has 0 aliphatic carbocycles. The van der Waals surface area contributed by atoms with E-state index in [1.165, 1.54) is 37.2 Å². The van der Waals surface area contributed by atoms with Crippen LogP contribution in [0.5, 0.6) is 5.75 Å². The summed E-state index contributed by atoms with van der Waals surface area (Å²) in [5, 5.41) is 16.0. The van der Waals surface area contributed by atoms with Gasteiger partial charge in [-0.05, 0) is 69.0 Å². The molecule has 11 N–H and O–H groups in total. The fraction of sp³-hybridized carbons (Fsp3) is 0.425. The van der Waals surface area contributed by atoms with Crippen LogP contribution in [0.1, 0.15) is 62.8 Å². The molecule has 0 fully saturated rings. The van der Waals surface area contributed by atoms with Gasteiger partial charge >= 0.3 is 6.03 Å². The van der Waals surface area contributed by atoms with E-state index in [1.54, 1.807) is 24.5 Å². The van der Waals surface area contributed by atoms with Crippen LogP contribution in [0, 0.1) is 11.8 Å². The number of aromatic nitrogens is 3. The summed E-state index contributed by atoms with van der Waals surface area (Å²) >= 11 is 0. The highest BCUT2D eigenvalue weighted by atomic mass is 16.3. The normalized spacial score (nSPS) is 13.9. The number of phenolic OH excluding ortho intramolecular Hbond substituents is 1. The minimum absolute atomic E-state index is 0.0276. The number of phenols is 1. The van der Waals surface area contributed by atoms with Crippen LogP contribution in [-0.4, -0.2) is 91.4 Å². The van der Waals surface area contributed by atoms with Crippen LogP contribution in [0.4, 0.5) is 4.79 Å². The van der Waals surface area contributed by atoms with Crippen LogP contribution in [0.3, 0.4) is 0 Å². The lowest BCUT2D eigenvalue weighted by atomic mass is 9.90. The predicted molar refractivity (Wildman–Crippen MR) is 210 cm³/mol. The van der Waals surface area contributed by atoms with Gasteiger partial charge in [-0.2, -0.15) is 0 Å². The largest absolute Gasteiger partial charge is 0.508 e. The molecule has 2 aromatic carbocycles. The Bertz CT molecular complexity index is 1940. The molecule has 0 aliphatic rings. The van der Waals surface area contributed by atoms with E-state index in [0.29, 0.717) is 37.1 Å². The molecule has 4 amide bonds. The number of imidazole rings is 1. The zero-order chi connectivity index (χ0) is 40.8. The number of carbonyl (C=O) groups excluding carboxylic acids is 6. The molecule has 5 atom stereocenters. The number of fused-ring (bicyclic) bond motifs is 1. The number of aromatic amines is 2. The number of hydrogen-bond donors (Lipinski definition) is 8. The zero-order valence-corrected chi connectivity index (χ0v) is 31.8. The Morgan fingerprint density at radius 2 is 1.54 bits per heavy atom. The van der Waals surface area contributed by atoms with Gasteiger partial charge in [0.15, 0.2) is 17.3 Å². The third-order valence-corrected chi connectivity index (χ3v) is 9.83. The molecule has 2 aromatic heterocycles. The molecule has 0 radical (unpaired) electrons. The summed E-state index contributed by atoms with van der Waals surface area (Å²) in [6, 6.07) is 9.92. The van der Waals surface area contributed by atoms with Crippen molar-refractivity contribution in [2.24, 2.45) is 29.0 Å². The quantitative estimate of drug-likeness (QED) is 0.0509. The summed E-state index contributed by atoms with van der Waals surface area (Å²) in [6.45, 7) is 3.06. The van der Waals surface area contributed by atoms with Crippen LogP contribution >= 0.6 is 0 Å². The topological polar surface area (TPSA) is 272 Å². The maximum absolute atomic E-state index is 13.9. The van der Waals surface area contributed by atoms with E-state index in [9.17, 15) is 33.9 Å². The summed E-state index contributed by atoms with van der Waals surface area (Å²) in [7, 11) is 0. The van der Waals surface area contributed by atoms with E-state index in [1.807, 2.05) is 24.3 Å². The van der Waals surface area contributed by atoms with Crippen LogP contribution < -0.4 is 27.8 Å². The number of aromatic hydroxyl groups is 1. The monoisotopic (exact) mass is 771 g/mol. The van der Waals surface area contributed by atoms with Gasteiger partial charge in [0, 0.05) is 66.6 Å². The van der Waals surface area contributed by atoms with Gasteiger partial charge in [-0.25, -0.2) is 9.78 Å². The SMILES string of the molecule is C[C@H](NC(=O)N(CC(=O)[C@@H](N)Cc1cnc[nH]1)Cc1ccc(O)cc1)C(=O)C[C@@H](Cc1c[nH]c2ccccc12)C(=O)N[C@H](C)C(=O)C[C@@H](CCCCN)C(N)=O. The number of H-pyrrole nitrogens is 2. The molecule has 16 heteroatoms. The smallest absolute Gasteiger partial charge is 0.318 e. The number of benzene rings is 2. The number of para-hydroxylation sites is 1. The van der Waals surface area contributed by atoms with Crippen molar-refractivity contribution in [1.29, 1.82) is 0 Å². The molecule has 0 saturated carbocycles. The summed E-state index contributed by atoms with van der Waals surface area (Å²) in [5.41, 5.74) is 20.2. The Morgan fingerprint density at radius 1 is 0.857 bits per heavy atom. The van der Waals surface area contributed by atoms with Crippen molar-refractivity contribution in [3.8, 4) is 5.75 Å². The molecule has 4 aromatic rings. The first-order chi connectivity index (χ1) is 26.7. The third kappa shape index (κ3) is 12.6. The number of ketones is 3. The Kier molecular flexibility index (Phi) is 15.9. The van der Waals surface area contributed by atoms with Crippen LogP contribution in [0.2, 0.25) is 0 Å². The maximum Gasteiger partial charge on any atom is 0.318 e. The van der Waals surface area contributed by atoms with E-state index in [-0.39, 0.29) is 50.3 Å². The van der Waals surface area contributed by atoms with E-state index >= 15 is 0 Å². The Hall–Kier alpha value is -5.87. The third-order valence-electron chi connectivity index (χ3n) is 9.83. The van der Waals surface area contributed by atoms with Crippen LogP contribution in [-0.2, 0) is 43.4 Å². The molecule has 0 bridgehead atoms. The molecule has 0 spiro atoms. The first-order valence-corrected chi connectivity index (χ1v) is 18.7. The number of nitrogens with zero attached hydrogens (tertiary/aromatic N) is 2. The molecular formula is C40H53N9O7. The lowest BCUT2D eigenvalue weighted by Crippen LogP contribution is -2.50. The predicted octanol–water partition coefficient (Wildman–Crippen LogP) is 2.15. The number of urea groups is 1. The van der Waals surface area contributed by atoms with E-state index in [2.05, 4.69) is 25.6 Å². The van der Waals surface area contributed by atoms with E-state index in [4.69, 9.17) is 17.2 Å². The minimum atomic E-state index is -1.08. The first kappa shape index (κ1) is 42.9. The highest BCUT2D eigenvalue weighted by Gasteiger charge is 2.31. The molecule has 56 heavy (non-hydrogen) atoms. The Labute approximate surface area is 325 Å². The summed E-state index contributed by atoms with van der Waals surface area (Å²) in [6.07, 6.45) is 6.39. The molecule has 2 heterocycles. The molecule has 300 valence electrons. The fourth-order valence-corrected chi connectivity index (χ4v) is 6.39. The van der Waals surface area contributed by atoms with Gasteiger partial charge in [0.1, 0.15) is 5.75 Å². The van der Waals surface area contributed by atoms with E-state index < -0.39 is 59.4 Å². The zero-order valence-electron chi connectivity index (χ0n) is 31.8. The second-order valence-electron chi connectivity index (χ2n) is 14.3. The molecule has 0 saturated heterocycles. The van der Waals surface area contributed by atoms with Gasteiger partial charge in [0.05, 0.1) is 31.0 Å². The highest BCUT2D eigenvalue weighted by molar-refractivity contribution is 5.96. The molecule has 0 aliphatic heterocycles. The summed E-state index contributed by atoms with van der Waals surface area (Å²) < 4.78 is 0. The Balaban J connectivity index is 1.48. The van der Waals surface area contributed by atoms with Crippen LogP contribution in [0.15, 0.2) is 67.3 Å². The van der Waals surface area contributed by atoms with Crippen molar-refractivity contribution >= 4 is 46.1 Å². The maximum atomic E-state index is 13.9. The fourth-order valence-electron chi connectivity index (χ4n) is 6.39. The van der Waals surface area contributed by atoms with Gasteiger partial charge in [0.25, 0.3) is 0 Å². The van der Waals surface area contributed by atoms with Crippen molar-refractivity contribution in [3.63, 3.8) is 0 Å². The van der Waals surface area contributed by atoms with E-state index in [0.717, 1.165) is 16.5 Å². The lowest BCUT2D eigenvalue weighted by Gasteiger charge is -2.26. The second kappa shape index (κ2) is 20.7. The molecule has 16 nitrogen and oxygen atoms in total. The van der Waals surface area contributed by atoms with Gasteiger partial charge < -0.3 is 47.8 Å². The molecule has 4 rings (SSSR count). The van der Waals surface area contributed by atoms with Crippen molar-refractivity contribution in [2.75, 3.05) is 13.1 Å². The van der Waals surface area contributed by atoms with Crippen molar-refractivity contribution in [1.82, 2.24) is 30.5 Å². The number of nitrogens with two attached hydrogens (primary N) is 3. The van der Waals surface area contributed by atoms with Crippen molar-refractivity contribution in [3.05, 3.63) is 84.1 Å². The molecule has 0 unspecified atom stereocenters. The highest BCUT2D eigenvalue weighted by Crippen LogP contribution is 2.24. The number of rotatable bonds is 23. The van der Waals surface area contributed by atoms with Crippen molar-refractivity contribution < 1.29 is 33.9 Å². The summed E-state index contributed by atoms with van der Waals surface area (Å²) in [5.74, 6) is -4.02. The van der Waals surface area contributed by atoms with Gasteiger partial charge in [0.2, 0.25) is 11.8 Å². The standard InChI is InChI=1S/C40H53N9O7/c1-24(35(51)16-27(38(43)54)7-5-6-14-41)47-39(55)28(15-29-19-45-34-9-4-3-8-32(29)34)17-36(52)25(2)48-40(56)49(21-26-10-12-31(50)13-11-26)22-37(53)33(42)18-30-20-44-23-46-30/h3-4,8-13,19-20,23-25,27-28,33,45,50H,5-7,14-18,21-22,41-42H2,1-2H3,(H2,43,54)(H,44,46)(H,47,55)(H,48,56)/t24-,25+,27-,28-,33+/m1/s1. The molecular weight excluding hydrogens is 718 g/mol. The number of carbonyl (C=O) groups is 6. The number of primary amides is 1.